The number of rotatable bonds is 7. The third-order valence-corrected chi connectivity index (χ3v) is 3.05. The molecule has 3 N–H and O–H groups in total. The van der Waals surface area contributed by atoms with E-state index in [9.17, 15) is 4.79 Å². The SMILES string of the molecule is COCCOCCOc1cc2c(cc1N)NC(=O)CC2. The number of nitrogens with one attached hydrogen (secondary N) is 1. The van der Waals surface area contributed by atoms with Crippen molar-refractivity contribution in [1.29, 1.82) is 0 Å². The van der Waals surface area contributed by atoms with E-state index in [1.54, 1.807) is 13.2 Å². The van der Waals surface area contributed by atoms with Gasteiger partial charge < -0.3 is 25.3 Å². The van der Waals surface area contributed by atoms with E-state index in [0.29, 0.717) is 50.7 Å². The van der Waals surface area contributed by atoms with Crippen molar-refractivity contribution in [1.82, 2.24) is 0 Å². The van der Waals surface area contributed by atoms with Crippen LogP contribution in [-0.4, -0.2) is 39.4 Å². The number of amides is 1. The largest absolute Gasteiger partial charge is 0.489 e. The smallest absolute Gasteiger partial charge is 0.224 e. The number of ether oxygens (including phenoxy) is 3. The molecule has 0 unspecified atom stereocenters. The van der Waals surface area contributed by atoms with Crippen molar-refractivity contribution in [2.75, 3.05) is 44.6 Å². The number of benzene rings is 1. The quantitative estimate of drug-likeness (QED) is 0.579. The van der Waals surface area contributed by atoms with Crippen LogP contribution >= 0.6 is 0 Å². The van der Waals surface area contributed by atoms with Gasteiger partial charge in [-0.25, -0.2) is 0 Å². The standard InChI is InChI=1S/C14H20N2O4/c1-18-4-5-19-6-7-20-13-8-10-2-3-14(17)16-12(10)9-11(13)15/h8-9H,2-7,15H2,1H3,(H,16,17). The molecule has 1 amide bonds. The molecule has 2 rings (SSSR count). The Bertz CT molecular complexity index is 476. The molecular weight excluding hydrogens is 260 g/mol. The summed E-state index contributed by atoms with van der Waals surface area (Å²) in [6.07, 6.45) is 1.21. The van der Waals surface area contributed by atoms with E-state index in [2.05, 4.69) is 5.32 Å². The minimum absolute atomic E-state index is 0.0251. The van der Waals surface area contributed by atoms with Crippen LogP contribution in [0, 0.1) is 0 Å². The number of aryl methyl sites for hydroxylation is 1. The van der Waals surface area contributed by atoms with E-state index >= 15 is 0 Å². The van der Waals surface area contributed by atoms with Crippen LogP contribution in [0.5, 0.6) is 5.75 Å². The molecular formula is C14H20N2O4. The Kier molecular flexibility index (Phi) is 5.20. The topological polar surface area (TPSA) is 82.8 Å². The molecule has 0 saturated heterocycles. The summed E-state index contributed by atoms with van der Waals surface area (Å²) in [5.41, 5.74) is 8.26. The van der Waals surface area contributed by atoms with Crippen molar-refractivity contribution in [3.05, 3.63) is 17.7 Å². The van der Waals surface area contributed by atoms with E-state index in [0.717, 1.165) is 11.3 Å². The Hall–Kier alpha value is -1.79. The van der Waals surface area contributed by atoms with Gasteiger partial charge in [0.1, 0.15) is 12.4 Å². The third-order valence-electron chi connectivity index (χ3n) is 3.05. The van der Waals surface area contributed by atoms with E-state index in [1.807, 2.05) is 6.07 Å². The Morgan fingerprint density at radius 1 is 1.20 bits per heavy atom. The molecule has 1 aliphatic heterocycles. The number of carbonyl (C=O) groups excluding carboxylic acids is 1. The third kappa shape index (κ3) is 3.85. The summed E-state index contributed by atoms with van der Waals surface area (Å²) >= 11 is 0. The molecule has 0 atom stereocenters. The fourth-order valence-corrected chi connectivity index (χ4v) is 2.00. The summed E-state index contributed by atoms with van der Waals surface area (Å²) in [4.78, 5) is 11.3. The van der Waals surface area contributed by atoms with Gasteiger partial charge in [-0.15, -0.1) is 0 Å². The minimum atomic E-state index is 0.0251. The summed E-state index contributed by atoms with van der Waals surface area (Å²) in [5, 5.41) is 2.81. The number of hydrogen-bond donors (Lipinski definition) is 2. The van der Waals surface area contributed by atoms with Gasteiger partial charge in [-0.3, -0.25) is 4.79 Å². The number of carbonyl (C=O) groups is 1. The molecule has 1 heterocycles. The van der Waals surface area contributed by atoms with Crippen LogP contribution in [0.3, 0.4) is 0 Å². The average Bonchev–Trinajstić information content (AvgIpc) is 2.43. The molecule has 1 aliphatic rings. The van der Waals surface area contributed by atoms with Crippen LogP contribution in [0.1, 0.15) is 12.0 Å². The summed E-state index contributed by atoms with van der Waals surface area (Å²) in [6.45, 7) is 2.03. The van der Waals surface area contributed by atoms with E-state index in [1.165, 1.54) is 0 Å². The molecule has 110 valence electrons. The summed E-state index contributed by atoms with van der Waals surface area (Å²) in [7, 11) is 1.63. The lowest BCUT2D eigenvalue weighted by Crippen LogP contribution is -2.19. The first-order chi connectivity index (χ1) is 9.70. The van der Waals surface area contributed by atoms with Gasteiger partial charge >= 0.3 is 0 Å². The van der Waals surface area contributed by atoms with Crippen LogP contribution in [0.2, 0.25) is 0 Å². The van der Waals surface area contributed by atoms with Crippen LogP contribution in [0.25, 0.3) is 0 Å². The van der Waals surface area contributed by atoms with E-state index < -0.39 is 0 Å². The first-order valence-electron chi connectivity index (χ1n) is 6.62. The molecule has 0 radical (unpaired) electrons. The van der Waals surface area contributed by atoms with Crippen molar-refractivity contribution in [3.8, 4) is 5.75 Å². The van der Waals surface area contributed by atoms with Gasteiger partial charge in [0.2, 0.25) is 5.91 Å². The molecule has 0 spiro atoms. The zero-order chi connectivity index (χ0) is 14.4. The molecule has 1 aromatic carbocycles. The molecule has 20 heavy (non-hydrogen) atoms. The molecule has 0 aromatic heterocycles. The highest BCUT2D eigenvalue weighted by Gasteiger charge is 2.17. The lowest BCUT2D eigenvalue weighted by molar-refractivity contribution is -0.116. The maximum atomic E-state index is 11.3. The van der Waals surface area contributed by atoms with Crippen LogP contribution in [0.15, 0.2) is 12.1 Å². The highest BCUT2D eigenvalue weighted by Crippen LogP contribution is 2.32. The summed E-state index contributed by atoms with van der Waals surface area (Å²) in [6, 6.07) is 3.63. The van der Waals surface area contributed by atoms with Gasteiger partial charge in [0.15, 0.2) is 0 Å². The first-order valence-corrected chi connectivity index (χ1v) is 6.62. The molecule has 1 aromatic rings. The van der Waals surface area contributed by atoms with Crippen LogP contribution in [-0.2, 0) is 20.7 Å². The van der Waals surface area contributed by atoms with Crippen molar-refractivity contribution in [2.45, 2.75) is 12.8 Å². The molecule has 6 heteroatoms. The Morgan fingerprint density at radius 2 is 2.00 bits per heavy atom. The summed E-state index contributed by atoms with van der Waals surface area (Å²) in [5.74, 6) is 0.660. The van der Waals surface area contributed by atoms with Crippen LogP contribution < -0.4 is 15.8 Å². The summed E-state index contributed by atoms with van der Waals surface area (Å²) < 4.78 is 15.8. The number of fused-ring (bicyclic) bond motifs is 1. The number of anilines is 2. The predicted molar refractivity (Wildman–Crippen MR) is 76.0 cm³/mol. The second-order valence-electron chi connectivity index (χ2n) is 4.55. The highest BCUT2D eigenvalue weighted by molar-refractivity contribution is 5.94. The van der Waals surface area contributed by atoms with Gasteiger partial charge in [-0.1, -0.05) is 0 Å². The lowest BCUT2D eigenvalue weighted by Gasteiger charge is -2.19. The molecule has 0 fully saturated rings. The first kappa shape index (κ1) is 14.6. The van der Waals surface area contributed by atoms with Crippen molar-refractivity contribution in [2.24, 2.45) is 0 Å². The normalized spacial score (nSPS) is 13.8. The zero-order valence-electron chi connectivity index (χ0n) is 11.6. The number of nitrogens with two attached hydrogens (primary N) is 1. The zero-order valence-corrected chi connectivity index (χ0v) is 11.6. The molecule has 6 nitrogen and oxygen atoms in total. The maximum absolute atomic E-state index is 11.3. The Labute approximate surface area is 118 Å². The fourth-order valence-electron chi connectivity index (χ4n) is 2.00. The average molecular weight is 280 g/mol. The van der Waals surface area contributed by atoms with Gasteiger partial charge in [0.25, 0.3) is 0 Å². The minimum Gasteiger partial charge on any atom is -0.489 e. The lowest BCUT2D eigenvalue weighted by atomic mass is 10.0. The molecule has 0 aliphatic carbocycles. The Morgan fingerprint density at radius 3 is 2.80 bits per heavy atom. The van der Waals surface area contributed by atoms with Gasteiger partial charge in [-0.2, -0.15) is 0 Å². The van der Waals surface area contributed by atoms with Crippen molar-refractivity contribution < 1.29 is 19.0 Å². The van der Waals surface area contributed by atoms with Gasteiger partial charge in [0, 0.05) is 19.2 Å². The fraction of sp³-hybridized carbons (Fsp3) is 0.500. The second kappa shape index (κ2) is 7.12. The Balaban J connectivity index is 1.87. The van der Waals surface area contributed by atoms with E-state index in [-0.39, 0.29) is 5.91 Å². The number of methoxy groups -OCH3 is 1. The highest BCUT2D eigenvalue weighted by atomic mass is 16.5. The van der Waals surface area contributed by atoms with E-state index in [4.69, 9.17) is 19.9 Å². The van der Waals surface area contributed by atoms with Crippen molar-refractivity contribution >= 4 is 17.3 Å². The maximum Gasteiger partial charge on any atom is 0.224 e. The molecule has 0 bridgehead atoms. The second-order valence-corrected chi connectivity index (χ2v) is 4.55. The van der Waals surface area contributed by atoms with Gasteiger partial charge in [0.05, 0.1) is 25.5 Å². The van der Waals surface area contributed by atoms with Crippen LogP contribution in [0.4, 0.5) is 11.4 Å². The molecule has 0 saturated carbocycles. The number of nitrogen functional groups attached to an aromatic ring is 1. The monoisotopic (exact) mass is 280 g/mol. The van der Waals surface area contributed by atoms with Gasteiger partial charge in [-0.05, 0) is 24.1 Å². The van der Waals surface area contributed by atoms with Crippen molar-refractivity contribution in [3.63, 3.8) is 0 Å². The number of hydrogen-bond acceptors (Lipinski definition) is 5. The predicted octanol–water partition coefficient (Wildman–Crippen LogP) is 1.20.